The van der Waals surface area contributed by atoms with Crippen LogP contribution in [-0.4, -0.2) is 28.9 Å². The molecule has 3 N–H and O–H groups in total. The van der Waals surface area contributed by atoms with Crippen molar-refractivity contribution in [1.29, 1.82) is 0 Å². The van der Waals surface area contributed by atoms with Crippen molar-refractivity contribution in [2.75, 3.05) is 19.4 Å². The molecule has 9 heteroatoms. The molecule has 0 spiro atoms. The molecule has 0 saturated carbocycles. The van der Waals surface area contributed by atoms with E-state index in [0.717, 1.165) is 18.6 Å². The molecular weight excluding hydrogens is 373 g/mol. The quantitative estimate of drug-likeness (QED) is 0.693. The zero-order valence-corrected chi connectivity index (χ0v) is 15.3. The average Bonchev–Trinajstić information content (AvgIpc) is 3.02. The van der Waals surface area contributed by atoms with Crippen molar-refractivity contribution >= 4 is 17.4 Å². The first-order valence-corrected chi connectivity index (χ1v) is 8.58. The van der Waals surface area contributed by atoms with Crippen LogP contribution < -0.4 is 15.8 Å². The van der Waals surface area contributed by atoms with E-state index in [4.69, 9.17) is 10.5 Å². The third-order valence-electron chi connectivity index (χ3n) is 4.25. The molecule has 2 heterocycles. The second-order valence-electron chi connectivity index (χ2n) is 6.13. The van der Waals surface area contributed by atoms with Gasteiger partial charge in [0.1, 0.15) is 17.2 Å². The summed E-state index contributed by atoms with van der Waals surface area (Å²) < 4.78 is 46.3. The summed E-state index contributed by atoms with van der Waals surface area (Å²) in [5, 5.41) is 2.69. The number of imidazole rings is 1. The molecular formula is C19H19F3N4O2. The molecule has 0 aliphatic heterocycles. The number of alkyl halides is 3. The molecule has 0 aliphatic carbocycles. The van der Waals surface area contributed by atoms with E-state index in [1.165, 1.54) is 17.6 Å². The summed E-state index contributed by atoms with van der Waals surface area (Å²) >= 11 is 0. The summed E-state index contributed by atoms with van der Waals surface area (Å²) in [7, 11) is 1.37. The lowest BCUT2D eigenvalue weighted by atomic mass is 10.0. The molecule has 28 heavy (non-hydrogen) atoms. The lowest BCUT2D eigenvalue weighted by molar-refractivity contribution is -0.137. The number of nitrogens with zero attached hydrogens (tertiary/aromatic N) is 2. The fraction of sp³-hybridized carbons (Fsp3) is 0.263. The zero-order valence-electron chi connectivity index (χ0n) is 15.3. The maximum absolute atomic E-state index is 13.2. The van der Waals surface area contributed by atoms with E-state index in [1.807, 2.05) is 6.92 Å². The maximum atomic E-state index is 13.2. The zero-order chi connectivity index (χ0) is 20.5. The van der Waals surface area contributed by atoms with Crippen LogP contribution in [0.15, 0.2) is 36.5 Å². The molecule has 1 aromatic carbocycles. The van der Waals surface area contributed by atoms with E-state index in [2.05, 4.69) is 10.3 Å². The van der Waals surface area contributed by atoms with E-state index in [1.54, 1.807) is 18.3 Å². The molecule has 3 rings (SSSR count). The molecule has 0 aliphatic rings. The van der Waals surface area contributed by atoms with Crippen molar-refractivity contribution < 1.29 is 22.7 Å². The van der Waals surface area contributed by atoms with Gasteiger partial charge in [-0.1, -0.05) is 6.92 Å². The van der Waals surface area contributed by atoms with Gasteiger partial charge in [-0.2, -0.15) is 13.2 Å². The van der Waals surface area contributed by atoms with Gasteiger partial charge in [0.15, 0.2) is 5.69 Å². The molecule has 3 aromatic rings. The second-order valence-corrected chi connectivity index (χ2v) is 6.13. The largest absolute Gasteiger partial charge is 0.496 e. The summed E-state index contributed by atoms with van der Waals surface area (Å²) in [5.74, 6) is -0.0824. The van der Waals surface area contributed by atoms with Crippen LogP contribution >= 0.6 is 0 Å². The Labute approximate surface area is 159 Å². The number of carbonyl (C=O) groups excluding carboxylic acids is 1. The van der Waals surface area contributed by atoms with Crippen LogP contribution in [0.25, 0.3) is 16.8 Å². The predicted octanol–water partition coefficient (Wildman–Crippen LogP) is 3.75. The number of methoxy groups -OCH3 is 1. The third-order valence-corrected chi connectivity index (χ3v) is 4.25. The number of anilines is 1. The number of halogens is 3. The fourth-order valence-electron chi connectivity index (χ4n) is 2.88. The van der Waals surface area contributed by atoms with Gasteiger partial charge in [-0.25, -0.2) is 4.98 Å². The molecule has 0 fully saturated rings. The molecule has 1 amide bonds. The highest BCUT2D eigenvalue weighted by Crippen LogP contribution is 2.38. The number of benzene rings is 1. The molecule has 0 bridgehead atoms. The van der Waals surface area contributed by atoms with Crippen LogP contribution in [-0.2, 0) is 6.18 Å². The molecule has 148 valence electrons. The van der Waals surface area contributed by atoms with Crippen molar-refractivity contribution in [3.63, 3.8) is 0 Å². The number of rotatable bonds is 5. The highest BCUT2D eigenvalue weighted by atomic mass is 19.4. The van der Waals surface area contributed by atoms with E-state index >= 15 is 0 Å². The molecule has 2 aromatic heterocycles. The summed E-state index contributed by atoms with van der Waals surface area (Å²) in [5.41, 5.74) is 6.10. The minimum Gasteiger partial charge on any atom is -0.496 e. The number of aromatic nitrogens is 2. The van der Waals surface area contributed by atoms with Gasteiger partial charge >= 0.3 is 6.18 Å². The lowest BCUT2D eigenvalue weighted by Gasteiger charge is -2.13. The Morgan fingerprint density at radius 3 is 2.68 bits per heavy atom. The van der Waals surface area contributed by atoms with Gasteiger partial charge in [0.2, 0.25) is 0 Å². The van der Waals surface area contributed by atoms with Crippen molar-refractivity contribution in [2.24, 2.45) is 0 Å². The number of nitrogens with one attached hydrogen (secondary N) is 1. The molecule has 0 atom stereocenters. The maximum Gasteiger partial charge on any atom is 0.416 e. The van der Waals surface area contributed by atoms with E-state index in [9.17, 15) is 18.0 Å². The topological polar surface area (TPSA) is 81.6 Å². The Hall–Kier alpha value is -3.23. The van der Waals surface area contributed by atoms with Gasteiger partial charge in [0.25, 0.3) is 5.91 Å². The molecule has 0 unspecified atom stereocenters. The van der Waals surface area contributed by atoms with Gasteiger partial charge in [-0.05, 0) is 36.8 Å². The third kappa shape index (κ3) is 3.47. The second kappa shape index (κ2) is 7.41. The Balaban J connectivity index is 2.21. The van der Waals surface area contributed by atoms with Gasteiger partial charge < -0.3 is 15.8 Å². The van der Waals surface area contributed by atoms with Gasteiger partial charge in [0, 0.05) is 23.9 Å². The minimum absolute atomic E-state index is 0.0202. The first kappa shape index (κ1) is 19.5. The minimum atomic E-state index is -4.51. The highest BCUT2D eigenvalue weighted by molar-refractivity contribution is 5.99. The van der Waals surface area contributed by atoms with Crippen LogP contribution in [0.2, 0.25) is 0 Å². The fourth-order valence-corrected chi connectivity index (χ4v) is 2.88. The Morgan fingerprint density at radius 1 is 1.29 bits per heavy atom. The van der Waals surface area contributed by atoms with Gasteiger partial charge in [-0.3, -0.25) is 9.20 Å². The molecule has 0 radical (unpaired) electrons. The van der Waals surface area contributed by atoms with Crippen LogP contribution in [0.4, 0.5) is 19.0 Å². The average molecular weight is 392 g/mol. The van der Waals surface area contributed by atoms with E-state index in [-0.39, 0.29) is 28.5 Å². The number of carbonyl (C=O) groups is 1. The van der Waals surface area contributed by atoms with Crippen LogP contribution in [0.1, 0.15) is 29.4 Å². The number of nitrogen functional groups attached to an aromatic ring is 1. The van der Waals surface area contributed by atoms with Crippen LogP contribution in [0, 0.1) is 0 Å². The first-order valence-electron chi connectivity index (χ1n) is 8.58. The van der Waals surface area contributed by atoms with E-state index in [0.29, 0.717) is 12.1 Å². The highest BCUT2D eigenvalue weighted by Gasteiger charge is 2.31. The Morgan fingerprint density at radius 2 is 2.04 bits per heavy atom. The molecule has 0 saturated heterocycles. The number of amides is 1. The summed E-state index contributed by atoms with van der Waals surface area (Å²) in [6.07, 6.45) is -2.17. The Bertz CT molecular complexity index is 1030. The summed E-state index contributed by atoms with van der Waals surface area (Å²) in [6.45, 7) is 2.37. The number of hydrogen-bond acceptors (Lipinski definition) is 4. The number of nitrogens with two attached hydrogens (primary N) is 1. The van der Waals surface area contributed by atoms with Crippen molar-refractivity contribution in [3.8, 4) is 16.9 Å². The van der Waals surface area contributed by atoms with Crippen molar-refractivity contribution in [2.45, 2.75) is 19.5 Å². The van der Waals surface area contributed by atoms with Crippen molar-refractivity contribution in [1.82, 2.24) is 14.7 Å². The van der Waals surface area contributed by atoms with Gasteiger partial charge in [-0.15, -0.1) is 0 Å². The number of pyridine rings is 1. The Kier molecular flexibility index (Phi) is 5.17. The van der Waals surface area contributed by atoms with E-state index < -0.39 is 17.6 Å². The SMILES string of the molecule is CCCNC(=O)c1nc2c(-c3cc(C(F)(F)F)ccc3OC)cccn2c1N. The number of ether oxygens (including phenoxy) is 1. The van der Waals surface area contributed by atoms with Crippen LogP contribution in [0.3, 0.4) is 0 Å². The van der Waals surface area contributed by atoms with Crippen molar-refractivity contribution in [3.05, 3.63) is 47.8 Å². The number of fused-ring (bicyclic) bond motifs is 1. The first-order chi connectivity index (χ1) is 13.3. The number of hydrogen-bond donors (Lipinski definition) is 2. The lowest BCUT2D eigenvalue weighted by Crippen LogP contribution is -2.25. The standard InChI is InChI=1S/C19H19F3N4O2/c1-3-8-24-18(27)15-16(23)26-9-4-5-12(17(26)25-15)13-10-11(19(20,21)22)6-7-14(13)28-2/h4-7,9-10H,3,8,23H2,1-2H3,(H,24,27). The van der Waals surface area contributed by atoms with Gasteiger partial charge in [0.05, 0.1) is 12.7 Å². The monoisotopic (exact) mass is 392 g/mol. The molecule has 6 nitrogen and oxygen atoms in total. The smallest absolute Gasteiger partial charge is 0.416 e. The normalized spacial score (nSPS) is 11.6. The van der Waals surface area contributed by atoms with Crippen LogP contribution in [0.5, 0.6) is 5.75 Å². The summed E-state index contributed by atoms with van der Waals surface area (Å²) in [6, 6.07) is 6.42. The summed E-state index contributed by atoms with van der Waals surface area (Å²) in [4.78, 5) is 16.6. The predicted molar refractivity (Wildman–Crippen MR) is 99.2 cm³/mol.